The van der Waals surface area contributed by atoms with Gasteiger partial charge in [-0.15, -0.1) is 0 Å². The monoisotopic (exact) mass is 295 g/mol. The average molecular weight is 295 g/mol. The smallest absolute Gasteiger partial charge is 0.358 e. The molecule has 106 valence electrons. The van der Waals surface area contributed by atoms with E-state index in [1.54, 1.807) is 6.20 Å². The second kappa shape index (κ2) is 6.15. The van der Waals surface area contributed by atoms with Gasteiger partial charge >= 0.3 is 7.60 Å². The molecule has 3 N–H and O–H groups in total. The van der Waals surface area contributed by atoms with Gasteiger partial charge in [-0.2, -0.15) is 0 Å². The topological polar surface area (TPSA) is 99.9 Å². The Morgan fingerprint density at radius 2 is 1.85 bits per heavy atom. The van der Waals surface area contributed by atoms with Crippen molar-refractivity contribution in [3.05, 3.63) is 59.9 Å². The Morgan fingerprint density at radius 3 is 2.40 bits per heavy atom. The van der Waals surface area contributed by atoms with E-state index in [-0.39, 0.29) is 5.56 Å². The number of hydrogen-bond donors (Lipinski definition) is 3. The number of aliphatic hydroxyl groups excluding tert-OH is 1. The Hall–Kier alpha value is -1.72. The molecule has 0 saturated carbocycles. The first-order chi connectivity index (χ1) is 9.47. The van der Waals surface area contributed by atoms with Crippen molar-refractivity contribution in [2.75, 3.05) is 0 Å². The Bertz CT molecular complexity index is 596. The molecule has 0 saturated heterocycles. The van der Waals surface area contributed by atoms with Crippen LogP contribution >= 0.6 is 7.60 Å². The molecular formula is C13H14NO5P. The van der Waals surface area contributed by atoms with E-state index in [0.717, 1.165) is 5.69 Å². The van der Waals surface area contributed by atoms with Crippen LogP contribution < -0.4 is 4.74 Å². The third kappa shape index (κ3) is 3.88. The second-order valence-electron chi connectivity index (χ2n) is 4.14. The minimum Gasteiger partial charge on any atom is -0.487 e. The Labute approximate surface area is 115 Å². The second-order valence-corrected chi connectivity index (χ2v) is 5.81. The first-order valence-corrected chi connectivity index (χ1v) is 7.51. The van der Waals surface area contributed by atoms with Crippen molar-refractivity contribution in [1.82, 2.24) is 4.98 Å². The van der Waals surface area contributed by atoms with E-state index in [4.69, 9.17) is 14.5 Å². The number of rotatable bonds is 5. The van der Waals surface area contributed by atoms with Crippen LogP contribution in [0.15, 0.2) is 48.7 Å². The van der Waals surface area contributed by atoms with Gasteiger partial charge in [-0.3, -0.25) is 9.55 Å². The van der Waals surface area contributed by atoms with Gasteiger partial charge in [0.15, 0.2) is 5.85 Å². The van der Waals surface area contributed by atoms with Gasteiger partial charge in [0.2, 0.25) is 0 Å². The number of nitrogens with zero attached hydrogens (tertiary/aromatic N) is 1. The average Bonchev–Trinajstić information content (AvgIpc) is 2.45. The fraction of sp³-hybridized carbons (Fsp3) is 0.154. The van der Waals surface area contributed by atoms with Gasteiger partial charge in [-0.25, -0.2) is 0 Å². The van der Waals surface area contributed by atoms with Crippen molar-refractivity contribution in [1.29, 1.82) is 0 Å². The molecule has 7 heteroatoms. The van der Waals surface area contributed by atoms with E-state index in [1.807, 2.05) is 18.2 Å². The van der Waals surface area contributed by atoms with E-state index in [0.29, 0.717) is 12.4 Å². The molecule has 0 spiro atoms. The van der Waals surface area contributed by atoms with Gasteiger partial charge in [0, 0.05) is 6.20 Å². The highest BCUT2D eigenvalue weighted by molar-refractivity contribution is 7.51. The summed E-state index contributed by atoms with van der Waals surface area (Å²) < 4.78 is 16.4. The van der Waals surface area contributed by atoms with Crippen molar-refractivity contribution in [3.63, 3.8) is 0 Å². The Balaban J connectivity index is 2.00. The molecule has 0 aliphatic carbocycles. The molecule has 0 amide bonds. The first-order valence-electron chi connectivity index (χ1n) is 5.83. The molecule has 2 aromatic rings. The molecule has 6 nitrogen and oxygen atoms in total. The number of aliphatic hydroxyl groups is 1. The van der Waals surface area contributed by atoms with Crippen LogP contribution in [0.25, 0.3) is 0 Å². The van der Waals surface area contributed by atoms with Crippen LogP contribution in [-0.2, 0) is 11.2 Å². The van der Waals surface area contributed by atoms with Gasteiger partial charge in [-0.1, -0.05) is 18.2 Å². The van der Waals surface area contributed by atoms with Crippen LogP contribution in [0.4, 0.5) is 0 Å². The number of hydrogen-bond acceptors (Lipinski definition) is 4. The Morgan fingerprint density at radius 1 is 1.15 bits per heavy atom. The lowest BCUT2D eigenvalue weighted by atomic mass is 10.2. The predicted octanol–water partition coefficient (Wildman–Crippen LogP) is 1.83. The minimum atomic E-state index is -4.55. The van der Waals surface area contributed by atoms with Crippen molar-refractivity contribution in [2.24, 2.45) is 0 Å². The van der Waals surface area contributed by atoms with Crippen LogP contribution in [0.5, 0.6) is 5.75 Å². The molecule has 0 fully saturated rings. The maximum absolute atomic E-state index is 10.9. The quantitative estimate of drug-likeness (QED) is 0.728. The van der Waals surface area contributed by atoms with Crippen molar-refractivity contribution >= 4 is 7.60 Å². The number of benzene rings is 1. The molecule has 0 bridgehead atoms. The summed E-state index contributed by atoms with van der Waals surface area (Å²) in [5.74, 6) is -1.29. The molecule has 0 aliphatic rings. The summed E-state index contributed by atoms with van der Waals surface area (Å²) in [6.45, 7) is 0.293. The fourth-order valence-electron chi connectivity index (χ4n) is 1.57. The molecule has 1 atom stereocenters. The summed E-state index contributed by atoms with van der Waals surface area (Å²) in [7, 11) is -4.55. The van der Waals surface area contributed by atoms with E-state index >= 15 is 0 Å². The zero-order valence-corrected chi connectivity index (χ0v) is 11.4. The van der Waals surface area contributed by atoms with Gasteiger partial charge in [-0.05, 0) is 29.8 Å². The SMILES string of the molecule is O=P(O)(O)C(O)c1ccc(OCc2ccccn2)cc1. The molecule has 0 aliphatic heterocycles. The summed E-state index contributed by atoms with van der Waals surface area (Å²) in [6.07, 6.45) is 1.66. The highest BCUT2D eigenvalue weighted by Crippen LogP contribution is 2.49. The van der Waals surface area contributed by atoms with E-state index in [2.05, 4.69) is 4.98 Å². The lowest BCUT2D eigenvalue weighted by Crippen LogP contribution is -2.00. The predicted molar refractivity (Wildman–Crippen MR) is 72.0 cm³/mol. The summed E-state index contributed by atoms with van der Waals surface area (Å²) in [6, 6.07) is 11.4. The van der Waals surface area contributed by atoms with Crippen molar-refractivity contribution in [2.45, 2.75) is 12.5 Å². The van der Waals surface area contributed by atoms with Crippen LogP contribution in [0.2, 0.25) is 0 Å². The Kier molecular flexibility index (Phi) is 4.52. The van der Waals surface area contributed by atoms with Crippen LogP contribution in [0.3, 0.4) is 0 Å². The number of aromatic nitrogens is 1. The minimum absolute atomic E-state index is 0.142. The normalized spacial score (nSPS) is 12.9. The maximum atomic E-state index is 10.9. The van der Waals surface area contributed by atoms with Gasteiger partial charge in [0.05, 0.1) is 5.69 Å². The standard InChI is InChI=1S/C13H14NO5P/c15-13(20(16,17)18)10-4-6-12(7-5-10)19-9-11-3-1-2-8-14-11/h1-8,13,15H,9H2,(H2,16,17,18). The molecule has 20 heavy (non-hydrogen) atoms. The van der Waals surface area contributed by atoms with Gasteiger partial charge in [0.1, 0.15) is 12.4 Å². The molecule has 1 unspecified atom stereocenters. The summed E-state index contributed by atoms with van der Waals surface area (Å²) in [4.78, 5) is 21.9. The van der Waals surface area contributed by atoms with Gasteiger partial charge in [0.25, 0.3) is 0 Å². The molecular weight excluding hydrogens is 281 g/mol. The summed E-state index contributed by atoms with van der Waals surface area (Å²) in [5.41, 5.74) is 0.912. The lowest BCUT2D eigenvalue weighted by molar-refractivity contribution is 0.205. The van der Waals surface area contributed by atoms with Crippen LogP contribution in [-0.4, -0.2) is 19.9 Å². The van der Waals surface area contributed by atoms with Crippen LogP contribution in [0.1, 0.15) is 17.1 Å². The third-order valence-corrected chi connectivity index (χ3v) is 3.55. The van der Waals surface area contributed by atoms with E-state index < -0.39 is 13.4 Å². The molecule has 1 heterocycles. The first kappa shape index (κ1) is 14.7. The molecule has 1 aromatic heterocycles. The van der Waals surface area contributed by atoms with E-state index in [1.165, 1.54) is 24.3 Å². The van der Waals surface area contributed by atoms with Crippen molar-refractivity contribution in [3.8, 4) is 5.75 Å². The molecule has 2 rings (SSSR count). The lowest BCUT2D eigenvalue weighted by Gasteiger charge is -2.13. The fourth-order valence-corrected chi connectivity index (χ4v) is 2.13. The number of ether oxygens (including phenoxy) is 1. The largest absolute Gasteiger partial charge is 0.487 e. The highest BCUT2D eigenvalue weighted by Gasteiger charge is 2.27. The molecule has 0 radical (unpaired) electrons. The van der Waals surface area contributed by atoms with Crippen LogP contribution in [0, 0.1) is 0 Å². The summed E-state index contributed by atoms with van der Waals surface area (Å²) in [5, 5.41) is 9.44. The highest BCUT2D eigenvalue weighted by atomic mass is 31.2. The third-order valence-electron chi connectivity index (χ3n) is 2.61. The zero-order chi connectivity index (χ0) is 14.6. The van der Waals surface area contributed by atoms with E-state index in [9.17, 15) is 9.67 Å². The summed E-state index contributed by atoms with van der Waals surface area (Å²) >= 11 is 0. The molecule has 1 aromatic carbocycles. The van der Waals surface area contributed by atoms with Gasteiger partial charge < -0.3 is 19.6 Å². The zero-order valence-electron chi connectivity index (χ0n) is 10.5. The maximum Gasteiger partial charge on any atom is 0.358 e. The van der Waals surface area contributed by atoms with Crippen molar-refractivity contribution < 1.29 is 24.2 Å². The number of pyridine rings is 1.